The van der Waals surface area contributed by atoms with E-state index in [9.17, 15) is 9.90 Å². The molecule has 18 heavy (non-hydrogen) atoms. The number of rotatable bonds is 3. The third kappa shape index (κ3) is 3.00. The summed E-state index contributed by atoms with van der Waals surface area (Å²) in [6, 6.07) is 7.75. The molecule has 0 saturated carbocycles. The molecule has 1 saturated heterocycles. The van der Waals surface area contributed by atoms with E-state index >= 15 is 0 Å². The Labute approximate surface area is 115 Å². The summed E-state index contributed by atoms with van der Waals surface area (Å²) in [7, 11) is 0. The molecule has 3 nitrogen and oxygen atoms in total. The highest BCUT2D eigenvalue weighted by atomic mass is 79.9. The summed E-state index contributed by atoms with van der Waals surface area (Å²) in [5, 5.41) is 9.84. The minimum atomic E-state index is -0.667. The Morgan fingerprint density at radius 3 is 2.89 bits per heavy atom. The average Bonchev–Trinajstić information content (AvgIpc) is 2.32. The molecule has 1 heterocycles. The zero-order valence-corrected chi connectivity index (χ0v) is 11.9. The van der Waals surface area contributed by atoms with Crippen LogP contribution in [0.5, 0.6) is 0 Å². The normalized spacial score (nSPS) is 17.8. The first-order valence-electron chi connectivity index (χ1n) is 5.97. The van der Waals surface area contributed by atoms with Gasteiger partial charge in [-0.2, -0.15) is 0 Å². The first-order valence-corrected chi connectivity index (χ1v) is 6.77. The van der Waals surface area contributed by atoms with Gasteiger partial charge < -0.3 is 10.0 Å². The lowest BCUT2D eigenvalue weighted by molar-refractivity contribution is -0.150. The molecule has 1 N–H and O–H groups in total. The zero-order valence-electron chi connectivity index (χ0n) is 10.3. The fourth-order valence-corrected chi connectivity index (χ4v) is 2.34. The van der Waals surface area contributed by atoms with E-state index < -0.39 is 5.60 Å². The number of likely N-dealkylation sites (tertiary alicyclic amines) is 1. The number of carbonyl (C=O) groups excluding carboxylic acids is 1. The Morgan fingerprint density at radius 1 is 1.56 bits per heavy atom. The Bertz CT molecular complexity index is 478. The number of aliphatic hydroxyl groups is 1. The summed E-state index contributed by atoms with van der Waals surface area (Å²) >= 11 is 3.38. The summed E-state index contributed by atoms with van der Waals surface area (Å²) in [6.45, 7) is 2.80. The van der Waals surface area contributed by atoms with E-state index in [4.69, 9.17) is 0 Å². The van der Waals surface area contributed by atoms with Crippen LogP contribution in [0.15, 0.2) is 34.8 Å². The smallest absolute Gasteiger partial charge is 0.246 e. The monoisotopic (exact) mass is 309 g/mol. The second kappa shape index (κ2) is 5.24. The van der Waals surface area contributed by atoms with Gasteiger partial charge in [-0.15, -0.1) is 0 Å². The number of nitrogens with zero attached hydrogens (tertiary/aromatic N) is 1. The number of hydrogen-bond donors (Lipinski definition) is 1. The maximum absolute atomic E-state index is 11.8. The number of β-amino-alcohol motifs (C(OH)–C–C–N with tert-alkyl or cyclic N) is 1. The molecule has 0 bridgehead atoms. The molecule has 0 atom stereocenters. The molecule has 0 spiro atoms. The van der Waals surface area contributed by atoms with E-state index in [2.05, 4.69) is 15.9 Å². The molecule has 0 aliphatic carbocycles. The zero-order chi connectivity index (χ0) is 13.2. The van der Waals surface area contributed by atoms with Crippen molar-refractivity contribution >= 4 is 27.9 Å². The highest BCUT2D eigenvalue weighted by molar-refractivity contribution is 9.10. The molecule has 1 aromatic carbocycles. The number of amides is 1. The summed E-state index contributed by atoms with van der Waals surface area (Å²) in [5.41, 5.74) is 0.309. The van der Waals surface area contributed by atoms with E-state index in [0.717, 1.165) is 10.0 Å². The lowest BCUT2D eigenvalue weighted by atomic mass is 9.91. The quantitative estimate of drug-likeness (QED) is 0.871. The van der Waals surface area contributed by atoms with Crippen molar-refractivity contribution in [2.24, 2.45) is 0 Å². The highest BCUT2D eigenvalue weighted by Crippen LogP contribution is 2.24. The van der Waals surface area contributed by atoms with Crippen LogP contribution in [0.25, 0.3) is 6.08 Å². The summed E-state index contributed by atoms with van der Waals surface area (Å²) < 4.78 is 0.987. The number of hydrogen-bond acceptors (Lipinski definition) is 2. The first kappa shape index (κ1) is 13.3. The molecule has 1 aliphatic rings. The minimum Gasteiger partial charge on any atom is -0.386 e. The number of carbonyl (C=O) groups is 1. The summed E-state index contributed by atoms with van der Waals surface area (Å²) in [6.07, 6.45) is 4.03. The van der Waals surface area contributed by atoms with E-state index in [0.29, 0.717) is 19.5 Å². The lowest BCUT2D eigenvalue weighted by Crippen LogP contribution is -2.62. The molecule has 0 radical (unpaired) electrons. The van der Waals surface area contributed by atoms with Crippen LogP contribution in [0.3, 0.4) is 0 Å². The fraction of sp³-hybridized carbons (Fsp3) is 0.357. The minimum absolute atomic E-state index is 0.0481. The predicted molar refractivity (Wildman–Crippen MR) is 75.0 cm³/mol. The first-order chi connectivity index (χ1) is 8.52. The lowest BCUT2D eigenvalue weighted by Gasteiger charge is -2.45. The molecule has 1 aliphatic heterocycles. The molecule has 1 aromatic rings. The molecule has 4 heteroatoms. The van der Waals surface area contributed by atoms with Crippen molar-refractivity contribution < 1.29 is 9.90 Å². The van der Waals surface area contributed by atoms with Crippen LogP contribution in [0.2, 0.25) is 0 Å². The second-order valence-corrected chi connectivity index (χ2v) is 5.58. The van der Waals surface area contributed by atoms with Crippen LogP contribution in [-0.4, -0.2) is 34.6 Å². The molecule has 0 aromatic heterocycles. The van der Waals surface area contributed by atoms with Gasteiger partial charge in [0, 0.05) is 10.5 Å². The van der Waals surface area contributed by atoms with Gasteiger partial charge in [0.05, 0.1) is 18.7 Å². The third-order valence-electron chi connectivity index (χ3n) is 3.21. The fourth-order valence-electron chi connectivity index (χ4n) is 1.93. The molecule has 1 fully saturated rings. The van der Waals surface area contributed by atoms with Crippen molar-refractivity contribution in [2.45, 2.75) is 18.9 Å². The van der Waals surface area contributed by atoms with Crippen molar-refractivity contribution in [3.8, 4) is 0 Å². The van der Waals surface area contributed by atoms with E-state index in [1.54, 1.807) is 17.1 Å². The Kier molecular flexibility index (Phi) is 3.88. The number of halogens is 1. The summed E-state index contributed by atoms with van der Waals surface area (Å²) in [4.78, 5) is 13.5. The average molecular weight is 310 g/mol. The van der Waals surface area contributed by atoms with Crippen LogP contribution < -0.4 is 0 Å². The van der Waals surface area contributed by atoms with Crippen LogP contribution in [0.1, 0.15) is 18.9 Å². The van der Waals surface area contributed by atoms with Crippen molar-refractivity contribution in [1.29, 1.82) is 0 Å². The van der Waals surface area contributed by atoms with Crippen LogP contribution in [0.4, 0.5) is 0 Å². The van der Waals surface area contributed by atoms with Gasteiger partial charge in [0.1, 0.15) is 0 Å². The van der Waals surface area contributed by atoms with Gasteiger partial charge in [-0.3, -0.25) is 4.79 Å². The van der Waals surface area contributed by atoms with Crippen molar-refractivity contribution in [2.75, 3.05) is 13.1 Å². The van der Waals surface area contributed by atoms with Gasteiger partial charge in [-0.05, 0) is 30.2 Å². The Hall–Kier alpha value is -1.13. The molecule has 0 unspecified atom stereocenters. The SMILES string of the molecule is CCC1(O)CN(C(=O)C=Cc2cccc(Br)c2)C1. The largest absolute Gasteiger partial charge is 0.386 e. The topological polar surface area (TPSA) is 40.5 Å². The van der Waals surface area contributed by atoms with Gasteiger partial charge in [0.2, 0.25) is 5.91 Å². The van der Waals surface area contributed by atoms with Crippen LogP contribution in [0, 0.1) is 0 Å². The van der Waals surface area contributed by atoms with E-state index in [1.165, 1.54) is 0 Å². The molecular weight excluding hydrogens is 294 g/mol. The number of benzene rings is 1. The molecule has 1 amide bonds. The third-order valence-corrected chi connectivity index (χ3v) is 3.70. The van der Waals surface area contributed by atoms with Gasteiger partial charge >= 0.3 is 0 Å². The Morgan fingerprint density at radius 2 is 2.28 bits per heavy atom. The molecule has 96 valence electrons. The molecule has 2 rings (SSSR count). The summed E-state index contributed by atoms with van der Waals surface area (Å²) in [5.74, 6) is -0.0481. The molecular formula is C14H16BrNO2. The van der Waals surface area contributed by atoms with E-state index in [-0.39, 0.29) is 5.91 Å². The van der Waals surface area contributed by atoms with Gasteiger partial charge in [-0.1, -0.05) is 35.0 Å². The van der Waals surface area contributed by atoms with Crippen LogP contribution in [-0.2, 0) is 4.79 Å². The predicted octanol–water partition coefficient (Wildman–Crippen LogP) is 2.45. The van der Waals surface area contributed by atoms with Crippen molar-refractivity contribution in [3.05, 3.63) is 40.4 Å². The second-order valence-electron chi connectivity index (χ2n) is 4.66. The maximum Gasteiger partial charge on any atom is 0.246 e. The highest BCUT2D eigenvalue weighted by Gasteiger charge is 2.41. The van der Waals surface area contributed by atoms with Gasteiger partial charge in [-0.25, -0.2) is 0 Å². The standard InChI is InChI=1S/C14H16BrNO2/c1-2-14(18)9-16(10-14)13(17)7-6-11-4-3-5-12(15)8-11/h3-8,18H,2,9-10H2,1H3. The Balaban J connectivity index is 1.93. The van der Waals surface area contributed by atoms with E-state index in [1.807, 2.05) is 31.2 Å². The van der Waals surface area contributed by atoms with Gasteiger partial charge in [0.25, 0.3) is 0 Å². The van der Waals surface area contributed by atoms with Crippen molar-refractivity contribution in [1.82, 2.24) is 4.90 Å². The van der Waals surface area contributed by atoms with Crippen molar-refractivity contribution in [3.63, 3.8) is 0 Å². The van der Waals surface area contributed by atoms with Crippen LogP contribution >= 0.6 is 15.9 Å². The van der Waals surface area contributed by atoms with Gasteiger partial charge in [0.15, 0.2) is 0 Å². The maximum atomic E-state index is 11.8.